The molecule has 1 heterocycles. The van der Waals surface area contributed by atoms with Gasteiger partial charge in [-0.3, -0.25) is 0 Å². The third-order valence-electron chi connectivity index (χ3n) is 3.29. The number of aromatic nitrogens is 1. The summed E-state index contributed by atoms with van der Waals surface area (Å²) in [7, 11) is 3.25. The predicted molar refractivity (Wildman–Crippen MR) is 80.3 cm³/mol. The number of carbonyl (C=O) groups is 1. The Bertz CT molecular complexity index is 664. The summed E-state index contributed by atoms with van der Waals surface area (Å²) in [4.78, 5) is 13.7. The summed E-state index contributed by atoms with van der Waals surface area (Å²) in [6.07, 6.45) is 0. The number of hydrogen-bond donors (Lipinski definition) is 1. The van der Waals surface area contributed by atoms with Crippen LogP contribution in [0.15, 0.2) is 22.7 Å². The molecular formula is C15H19N3O3. The van der Waals surface area contributed by atoms with Gasteiger partial charge in [-0.2, -0.15) is 0 Å². The molecule has 112 valence electrons. The summed E-state index contributed by atoms with van der Waals surface area (Å²) in [5, 5.41) is 3.96. The van der Waals surface area contributed by atoms with E-state index in [1.54, 1.807) is 6.07 Å². The zero-order valence-electron chi connectivity index (χ0n) is 12.6. The number of esters is 1. The number of nitrogens with zero attached hydrogens (tertiary/aromatic N) is 2. The van der Waals surface area contributed by atoms with Gasteiger partial charge in [0, 0.05) is 24.5 Å². The minimum atomic E-state index is -0.442. The van der Waals surface area contributed by atoms with Gasteiger partial charge in [0.25, 0.3) is 0 Å². The molecule has 0 radical (unpaired) electrons. The van der Waals surface area contributed by atoms with Crippen molar-refractivity contribution in [3.8, 4) is 0 Å². The Kier molecular flexibility index (Phi) is 4.16. The van der Waals surface area contributed by atoms with E-state index in [0.29, 0.717) is 17.8 Å². The molecule has 0 saturated heterocycles. The Labute approximate surface area is 123 Å². The van der Waals surface area contributed by atoms with E-state index in [0.717, 1.165) is 22.7 Å². The van der Waals surface area contributed by atoms with Crippen LogP contribution in [-0.4, -0.2) is 25.3 Å². The van der Waals surface area contributed by atoms with Gasteiger partial charge in [0.05, 0.1) is 19.2 Å². The normalized spacial score (nSPS) is 10.5. The molecule has 1 aromatic heterocycles. The van der Waals surface area contributed by atoms with E-state index in [-0.39, 0.29) is 0 Å². The molecule has 0 bridgehead atoms. The number of methoxy groups -OCH3 is 1. The Morgan fingerprint density at radius 1 is 1.38 bits per heavy atom. The second-order valence-electron chi connectivity index (χ2n) is 5.00. The van der Waals surface area contributed by atoms with Gasteiger partial charge in [-0.15, -0.1) is 0 Å². The summed E-state index contributed by atoms with van der Waals surface area (Å²) in [6.45, 7) is 4.28. The van der Waals surface area contributed by atoms with Gasteiger partial charge in [0.2, 0.25) is 0 Å². The van der Waals surface area contributed by atoms with Crippen LogP contribution in [0.4, 0.5) is 11.4 Å². The molecule has 0 aliphatic heterocycles. The number of hydrogen-bond acceptors (Lipinski definition) is 6. The van der Waals surface area contributed by atoms with Gasteiger partial charge in [-0.1, -0.05) is 5.16 Å². The van der Waals surface area contributed by atoms with E-state index >= 15 is 0 Å². The van der Waals surface area contributed by atoms with E-state index in [4.69, 9.17) is 15.0 Å². The van der Waals surface area contributed by atoms with Crippen molar-refractivity contribution in [1.82, 2.24) is 5.16 Å². The second kappa shape index (κ2) is 5.87. The molecule has 1 aromatic carbocycles. The lowest BCUT2D eigenvalue weighted by molar-refractivity contribution is 0.0602. The van der Waals surface area contributed by atoms with Crippen molar-refractivity contribution in [2.75, 3.05) is 24.8 Å². The van der Waals surface area contributed by atoms with Crippen LogP contribution in [0.25, 0.3) is 0 Å². The maximum atomic E-state index is 11.8. The lowest BCUT2D eigenvalue weighted by Gasteiger charge is -2.20. The molecule has 0 spiro atoms. The molecular weight excluding hydrogens is 270 g/mol. The minimum absolute atomic E-state index is 0.371. The smallest absolute Gasteiger partial charge is 0.340 e. The third kappa shape index (κ3) is 3.16. The number of nitrogen functional groups attached to an aromatic ring is 1. The van der Waals surface area contributed by atoms with Crippen molar-refractivity contribution >= 4 is 17.3 Å². The van der Waals surface area contributed by atoms with Gasteiger partial charge >= 0.3 is 5.97 Å². The molecule has 6 heteroatoms. The molecule has 0 amide bonds. The van der Waals surface area contributed by atoms with Crippen molar-refractivity contribution in [3.63, 3.8) is 0 Å². The van der Waals surface area contributed by atoms with Crippen LogP contribution in [0, 0.1) is 13.8 Å². The topological polar surface area (TPSA) is 81.6 Å². The minimum Gasteiger partial charge on any atom is -0.465 e. The van der Waals surface area contributed by atoms with Crippen LogP contribution >= 0.6 is 0 Å². The highest BCUT2D eigenvalue weighted by molar-refractivity contribution is 5.97. The number of ether oxygens (including phenoxy) is 1. The van der Waals surface area contributed by atoms with Gasteiger partial charge in [0.15, 0.2) is 0 Å². The Morgan fingerprint density at radius 3 is 2.67 bits per heavy atom. The zero-order valence-corrected chi connectivity index (χ0v) is 12.6. The van der Waals surface area contributed by atoms with Gasteiger partial charge in [-0.25, -0.2) is 4.79 Å². The summed E-state index contributed by atoms with van der Waals surface area (Å²) in [5.41, 5.74) is 9.27. The Balaban J connectivity index is 2.30. The predicted octanol–water partition coefficient (Wildman–Crippen LogP) is 2.30. The average Bonchev–Trinajstić information content (AvgIpc) is 2.86. The first-order chi connectivity index (χ1) is 9.92. The summed E-state index contributed by atoms with van der Waals surface area (Å²) in [6, 6.07) is 5.53. The monoisotopic (exact) mass is 289 g/mol. The van der Waals surface area contributed by atoms with E-state index in [1.807, 2.05) is 37.9 Å². The molecule has 0 aliphatic rings. The maximum Gasteiger partial charge on any atom is 0.340 e. The molecule has 21 heavy (non-hydrogen) atoms. The Hall–Kier alpha value is -2.50. The highest BCUT2D eigenvalue weighted by Gasteiger charge is 2.15. The highest BCUT2D eigenvalue weighted by Crippen LogP contribution is 2.26. The quantitative estimate of drug-likeness (QED) is 0.687. The average molecular weight is 289 g/mol. The van der Waals surface area contributed by atoms with Gasteiger partial charge in [-0.05, 0) is 31.5 Å². The number of benzene rings is 1. The van der Waals surface area contributed by atoms with E-state index in [1.165, 1.54) is 7.11 Å². The third-order valence-corrected chi connectivity index (χ3v) is 3.29. The molecule has 0 aliphatic carbocycles. The fourth-order valence-electron chi connectivity index (χ4n) is 2.11. The van der Waals surface area contributed by atoms with Gasteiger partial charge in [0.1, 0.15) is 11.5 Å². The number of carbonyl (C=O) groups excluding carboxylic acids is 1. The lowest BCUT2D eigenvalue weighted by Crippen LogP contribution is -2.18. The van der Waals surface area contributed by atoms with Crippen LogP contribution < -0.4 is 10.6 Å². The molecule has 2 N–H and O–H groups in total. The standard InChI is InChI=1S/C15H19N3O3/c1-9-5-12(7-13(14(9)16)15(19)20-4)18(3)8-11-6-10(2)21-17-11/h5-7H,8,16H2,1-4H3. The van der Waals surface area contributed by atoms with Gasteiger partial charge < -0.3 is 19.9 Å². The second-order valence-corrected chi connectivity index (χ2v) is 5.00. The fraction of sp³-hybridized carbons (Fsp3) is 0.333. The lowest BCUT2D eigenvalue weighted by atomic mass is 10.1. The highest BCUT2D eigenvalue weighted by atomic mass is 16.5. The van der Waals surface area contributed by atoms with Crippen molar-refractivity contribution in [2.45, 2.75) is 20.4 Å². The molecule has 0 unspecified atom stereocenters. The van der Waals surface area contributed by atoms with Crippen LogP contribution in [-0.2, 0) is 11.3 Å². The molecule has 0 atom stereocenters. The summed E-state index contributed by atoms with van der Waals surface area (Å²) < 4.78 is 9.82. The number of rotatable bonds is 4. The van der Waals surface area contributed by atoms with Crippen LogP contribution in [0.1, 0.15) is 27.4 Å². The number of anilines is 2. The number of aryl methyl sites for hydroxylation is 2. The van der Waals surface area contributed by atoms with Crippen LogP contribution in [0.3, 0.4) is 0 Å². The summed E-state index contributed by atoms with van der Waals surface area (Å²) >= 11 is 0. The molecule has 2 rings (SSSR count). The molecule has 2 aromatic rings. The van der Waals surface area contributed by atoms with E-state index < -0.39 is 5.97 Å². The first kappa shape index (κ1) is 14.9. The number of nitrogens with two attached hydrogens (primary N) is 1. The van der Waals surface area contributed by atoms with Crippen LogP contribution in [0.2, 0.25) is 0 Å². The van der Waals surface area contributed by atoms with Crippen molar-refractivity contribution in [1.29, 1.82) is 0 Å². The molecule has 6 nitrogen and oxygen atoms in total. The maximum absolute atomic E-state index is 11.8. The largest absolute Gasteiger partial charge is 0.465 e. The summed E-state index contributed by atoms with van der Waals surface area (Å²) in [5.74, 6) is 0.324. The fourth-order valence-corrected chi connectivity index (χ4v) is 2.11. The van der Waals surface area contributed by atoms with Crippen molar-refractivity contribution in [3.05, 3.63) is 40.8 Å². The van der Waals surface area contributed by atoms with Crippen LogP contribution in [0.5, 0.6) is 0 Å². The first-order valence-corrected chi connectivity index (χ1v) is 6.54. The molecule has 0 saturated carbocycles. The van der Waals surface area contributed by atoms with Crippen molar-refractivity contribution < 1.29 is 14.1 Å². The zero-order chi connectivity index (χ0) is 15.6. The SMILES string of the molecule is COC(=O)c1cc(N(C)Cc2cc(C)on2)cc(C)c1N. The van der Waals surface area contributed by atoms with E-state index in [2.05, 4.69) is 5.16 Å². The Morgan fingerprint density at radius 2 is 2.10 bits per heavy atom. The first-order valence-electron chi connectivity index (χ1n) is 6.54. The van der Waals surface area contributed by atoms with E-state index in [9.17, 15) is 4.79 Å². The molecule has 0 fully saturated rings. The van der Waals surface area contributed by atoms with Crippen molar-refractivity contribution in [2.24, 2.45) is 0 Å².